The van der Waals surface area contributed by atoms with Crippen molar-refractivity contribution < 1.29 is 38.2 Å². The van der Waals surface area contributed by atoms with Crippen LogP contribution < -0.4 is 10.6 Å². The van der Waals surface area contributed by atoms with Gasteiger partial charge in [-0.3, -0.25) is 24.1 Å². The zero-order chi connectivity index (χ0) is 42.7. The van der Waals surface area contributed by atoms with E-state index < -0.39 is 53.3 Å². The highest BCUT2D eigenvalue weighted by Crippen LogP contribution is 2.33. The molecule has 3 aliphatic rings. The number of ether oxygens (including phenoxy) is 3. The Balaban J connectivity index is 1.74. The lowest BCUT2D eigenvalue weighted by atomic mass is 9.89. The van der Waals surface area contributed by atoms with Crippen molar-refractivity contribution in [1.29, 1.82) is 0 Å². The van der Waals surface area contributed by atoms with E-state index in [1.807, 2.05) is 63.8 Å². The fraction of sp³-hybridized carbons (Fsp3) is 0.750. The summed E-state index contributed by atoms with van der Waals surface area (Å²) in [6.45, 7) is 18.2. The Labute approximate surface area is 342 Å². The van der Waals surface area contributed by atoms with Crippen molar-refractivity contribution in [2.75, 3.05) is 40.9 Å². The summed E-state index contributed by atoms with van der Waals surface area (Å²) in [6.07, 6.45) is 14.6. The van der Waals surface area contributed by atoms with Gasteiger partial charge < -0.3 is 34.6 Å². The maximum Gasteiger partial charge on any atom is 0.411 e. The fourth-order valence-corrected chi connectivity index (χ4v) is 8.47. The molecule has 13 heteroatoms. The Morgan fingerprint density at radius 1 is 0.947 bits per heavy atom. The molecular formula is C44H73N5O8. The van der Waals surface area contributed by atoms with Crippen LogP contribution in [-0.2, 0) is 33.4 Å². The van der Waals surface area contributed by atoms with Crippen molar-refractivity contribution >= 4 is 29.7 Å². The first-order valence-corrected chi connectivity index (χ1v) is 21.0. The third-order valence-corrected chi connectivity index (χ3v) is 12.0. The zero-order valence-electron chi connectivity index (χ0n) is 36.8. The van der Waals surface area contributed by atoms with Gasteiger partial charge >= 0.3 is 6.09 Å². The van der Waals surface area contributed by atoms with E-state index in [0.29, 0.717) is 45.3 Å². The molecule has 3 rings (SSSR count). The van der Waals surface area contributed by atoms with Crippen molar-refractivity contribution in [1.82, 2.24) is 25.3 Å². The van der Waals surface area contributed by atoms with Gasteiger partial charge in [-0.05, 0) is 77.6 Å². The van der Waals surface area contributed by atoms with E-state index >= 15 is 0 Å². The van der Waals surface area contributed by atoms with Crippen LogP contribution >= 0.6 is 0 Å². The molecule has 0 aromatic rings. The molecule has 2 N–H and O–H groups in total. The Bertz CT molecular complexity index is 1460. The topological polar surface area (TPSA) is 147 Å². The maximum atomic E-state index is 14.5. The van der Waals surface area contributed by atoms with Gasteiger partial charge in [0.05, 0.1) is 36.6 Å². The molecule has 0 aromatic heterocycles. The fourth-order valence-electron chi connectivity index (χ4n) is 8.47. The number of likely N-dealkylation sites (tertiary alicyclic amines) is 2. The molecule has 0 saturated carbocycles. The first-order valence-electron chi connectivity index (χ1n) is 21.0. The van der Waals surface area contributed by atoms with E-state index in [9.17, 15) is 24.0 Å². The van der Waals surface area contributed by atoms with Crippen LogP contribution in [0.5, 0.6) is 0 Å². The second-order valence-electron chi connectivity index (χ2n) is 17.7. The quantitative estimate of drug-likeness (QED) is 0.181. The molecule has 57 heavy (non-hydrogen) atoms. The predicted molar refractivity (Wildman–Crippen MR) is 222 cm³/mol. The highest BCUT2D eigenvalue weighted by atomic mass is 16.6. The van der Waals surface area contributed by atoms with Gasteiger partial charge in [0.2, 0.25) is 23.6 Å². The minimum Gasteiger partial charge on any atom is -0.444 e. The van der Waals surface area contributed by atoms with Gasteiger partial charge in [-0.15, -0.1) is 0 Å². The number of likely N-dealkylation sites (N-methyl/N-ethyl adjacent to an activating group) is 1. The molecule has 0 radical (unpaired) electrons. The number of allylic oxidation sites excluding steroid dienone is 6. The highest BCUT2D eigenvalue weighted by Gasteiger charge is 2.49. The summed E-state index contributed by atoms with van der Waals surface area (Å²) in [6, 6.07) is -1.68. The van der Waals surface area contributed by atoms with Crippen LogP contribution in [-0.4, -0.2) is 127 Å². The number of hydrogen-bond acceptors (Lipinski definition) is 8. The number of carbonyl (C=O) groups is 5. The average Bonchev–Trinajstić information content (AvgIpc) is 3.72. The number of rotatable bonds is 18. The van der Waals surface area contributed by atoms with Gasteiger partial charge in [0.25, 0.3) is 0 Å². The van der Waals surface area contributed by atoms with Crippen molar-refractivity contribution in [2.45, 2.75) is 149 Å². The van der Waals surface area contributed by atoms with E-state index in [2.05, 4.69) is 22.8 Å². The number of methoxy groups -OCH3 is 2. The van der Waals surface area contributed by atoms with Gasteiger partial charge in [0.1, 0.15) is 17.2 Å². The summed E-state index contributed by atoms with van der Waals surface area (Å²) < 4.78 is 17.6. The third-order valence-electron chi connectivity index (χ3n) is 12.0. The van der Waals surface area contributed by atoms with Crippen LogP contribution in [0.1, 0.15) is 107 Å². The second-order valence-corrected chi connectivity index (χ2v) is 17.7. The second kappa shape index (κ2) is 21.3. The number of amides is 5. The normalized spacial score (nSPS) is 23.1. The van der Waals surface area contributed by atoms with E-state index in [0.717, 1.165) is 12.8 Å². The predicted octanol–water partition coefficient (Wildman–Crippen LogP) is 5.64. The summed E-state index contributed by atoms with van der Waals surface area (Å²) >= 11 is 0. The molecule has 0 spiro atoms. The van der Waals surface area contributed by atoms with Crippen LogP contribution in [0.2, 0.25) is 0 Å². The summed E-state index contributed by atoms with van der Waals surface area (Å²) in [7, 11) is 4.86. The lowest BCUT2D eigenvalue weighted by Gasteiger charge is -2.41. The molecule has 5 amide bonds. The van der Waals surface area contributed by atoms with Crippen LogP contribution in [0.3, 0.4) is 0 Å². The third kappa shape index (κ3) is 12.4. The molecule has 0 bridgehead atoms. The van der Waals surface area contributed by atoms with Gasteiger partial charge in [0.15, 0.2) is 0 Å². The van der Waals surface area contributed by atoms with Gasteiger partial charge in [-0.25, -0.2) is 4.79 Å². The molecule has 8 atom stereocenters. The Morgan fingerprint density at radius 2 is 1.60 bits per heavy atom. The van der Waals surface area contributed by atoms with E-state index in [-0.39, 0.29) is 47.9 Å². The highest BCUT2D eigenvalue weighted by molar-refractivity contribution is 5.94. The molecule has 13 nitrogen and oxygen atoms in total. The van der Waals surface area contributed by atoms with Gasteiger partial charge in [0, 0.05) is 40.9 Å². The van der Waals surface area contributed by atoms with Crippen LogP contribution in [0, 0.1) is 23.7 Å². The van der Waals surface area contributed by atoms with Gasteiger partial charge in [-0.2, -0.15) is 0 Å². The zero-order valence-corrected chi connectivity index (χ0v) is 36.8. The molecule has 2 fully saturated rings. The monoisotopic (exact) mass is 800 g/mol. The average molecular weight is 800 g/mol. The van der Waals surface area contributed by atoms with Crippen molar-refractivity contribution in [2.24, 2.45) is 23.7 Å². The van der Waals surface area contributed by atoms with E-state index in [1.165, 1.54) is 4.90 Å². The van der Waals surface area contributed by atoms with Crippen molar-refractivity contribution in [3.05, 3.63) is 36.5 Å². The Kier molecular flexibility index (Phi) is 17.8. The molecule has 2 heterocycles. The molecule has 0 aromatic carbocycles. The first-order chi connectivity index (χ1) is 26.8. The minimum absolute atomic E-state index is 0.0234. The van der Waals surface area contributed by atoms with Crippen LogP contribution in [0.4, 0.5) is 4.79 Å². The summed E-state index contributed by atoms with van der Waals surface area (Å²) in [5.41, 5.74) is -1.91. The molecule has 1 unspecified atom stereocenters. The number of nitrogens with zero attached hydrogens (tertiary/aromatic N) is 3. The Hall–Kier alpha value is -3.71. The van der Waals surface area contributed by atoms with E-state index in [1.54, 1.807) is 53.9 Å². The molecule has 2 aliphatic heterocycles. The number of hydrogen-bond donors (Lipinski definition) is 2. The smallest absolute Gasteiger partial charge is 0.411 e. The molecule has 322 valence electrons. The number of nitrogens with one attached hydrogen (secondary N) is 2. The molecular weight excluding hydrogens is 727 g/mol. The molecule has 1 aliphatic carbocycles. The first kappa shape index (κ1) is 47.7. The summed E-state index contributed by atoms with van der Waals surface area (Å²) in [5, 5.41) is 6.08. The van der Waals surface area contributed by atoms with Crippen LogP contribution in [0.25, 0.3) is 0 Å². The largest absolute Gasteiger partial charge is 0.444 e. The van der Waals surface area contributed by atoms with E-state index in [4.69, 9.17) is 14.2 Å². The van der Waals surface area contributed by atoms with Crippen molar-refractivity contribution in [3.8, 4) is 0 Å². The number of carbonyl (C=O) groups excluding carboxylic acids is 5. The maximum absolute atomic E-state index is 14.5. The summed E-state index contributed by atoms with van der Waals surface area (Å²) in [5.74, 6) is -1.53. The lowest BCUT2D eigenvalue weighted by Crippen LogP contribution is -2.62. The van der Waals surface area contributed by atoms with Gasteiger partial charge in [-0.1, -0.05) is 77.5 Å². The summed E-state index contributed by atoms with van der Waals surface area (Å²) in [4.78, 5) is 74.1. The Morgan fingerprint density at radius 3 is 2.16 bits per heavy atom. The molecule has 2 saturated heterocycles. The van der Waals surface area contributed by atoms with Crippen molar-refractivity contribution in [3.63, 3.8) is 0 Å². The minimum atomic E-state index is -1.18. The van der Waals surface area contributed by atoms with Crippen LogP contribution in [0.15, 0.2) is 36.5 Å². The lowest BCUT2D eigenvalue weighted by molar-refractivity contribution is -0.148. The standard InChI is InChI=1S/C44H73N5O8/c1-13-30(4)37(47(10)40(52)36(29(2)3)46-41(53)44(9)24-19-27-49(44)42(54)57-43(6,7)8)34(55-11)28-35(50)48-26-18-22-33(48)38(56-12)31(5)39(51)45-25-23-32-20-16-14-15-17-21-32/h14-17,20-21,29-34,36-38H,13,18-19,22-28H2,1-12H3,(H,45,51)(H,46,53)/t30-,31+,33-,34+,36-,37-,38?,44-/m0/s1. The SMILES string of the molecule is CC[C@H](C)[C@@H]([C@@H](CC(=O)N1CCC[C@H]1C(OC)[C@@H](C)C(=O)NCCC1C=CC=CC=C1)OC)N(C)C(=O)[C@@H](NC(=O)[C@]1(C)CCCN1C(=O)OC(C)(C)C)C(C)C.